The molecule has 1 heteroatoms. The lowest BCUT2D eigenvalue weighted by atomic mass is 10.0. The SMILES string of the molecule is CCCC(=O)/C(=C\c1ccccc1)CC. The van der Waals surface area contributed by atoms with Gasteiger partial charge >= 0.3 is 0 Å². The molecule has 0 radical (unpaired) electrons. The highest BCUT2D eigenvalue weighted by Crippen LogP contribution is 2.12. The number of carbonyl (C=O) groups excluding carboxylic acids is 1. The summed E-state index contributed by atoms with van der Waals surface area (Å²) in [6.45, 7) is 4.07. The van der Waals surface area contributed by atoms with Crippen molar-refractivity contribution in [1.82, 2.24) is 0 Å². The van der Waals surface area contributed by atoms with E-state index in [0.29, 0.717) is 6.42 Å². The third kappa shape index (κ3) is 3.70. The molecule has 1 nitrogen and oxygen atoms in total. The summed E-state index contributed by atoms with van der Waals surface area (Å²) in [6.07, 6.45) is 4.39. The van der Waals surface area contributed by atoms with Gasteiger partial charge in [-0.15, -0.1) is 0 Å². The lowest BCUT2D eigenvalue weighted by Gasteiger charge is -2.02. The van der Waals surface area contributed by atoms with Crippen LogP contribution >= 0.6 is 0 Å². The van der Waals surface area contributed by atoms with E-state index in [0.717, 1.165) is 24.0 Å². The monoisotopic (exact) mass is 202 g/mol. The Hall–Kier alpha value is -1.37. The Morgan fingerprint density at radius 3 is 2.40 bits per heavy atom. The zero-order valence-corrected chi connectivity index (χ0v) is 9.49. The maximum absolute atomic E-state index is 11.7. The largest absolute Gasteiger partial charge is 0.295 e. The second-order valence-corrected chi connectivity index (χ2v) is 3.61. The zero-order valence-electron chi connectivity index (χ0n) is 9.49. The first-order valence-corrected chi connectivity index (χ1v) is 5.56. The molecule has 0 heterocycles. The maximum Gasteiger partial charge on any atom is 0.158 e. The van der Waals surface area contributed by atoms with Gasteiger partial charge in [0, 0.05) is 6.42 Å². The van der Waals surface area contributed by atoms with Crippen molar-refractivity contribution in [2.45, 2.75) is 33.1 Å². The van der Waals surface area contributed by atoms with Gasteiger partial charge in [-0.25, -0.2) is 0 Å². The van der Waals surface area contributed by atoms with Crippen LogP contribution in [0.4, 0.5) is 0 Å². The molecule has 0 saturated carbocycles. The van der Waals surface area contributed by atoms with Gasteiger partial charge in [0.25, 0.3) is 0 Å². The van der Waals surface area contributed by atoms with Gasteiger partial charge in [0.2, 0.25) is 0 Å². The quantitative estimate of drug-likeness (QED) is 0.663. The Labute approximate surface area is 91.8 Å². The smallest absolute Gasteiger partial charge is 0.158 e. The number of Topliss-reactive ketones (excluding diaryl/α,β-unsaturated/α-hetero) is 1. The van der Waals surface area contributed by atoms with E-state index < -0.39 is 0 Å². The molecule has 0 bridgehead atoms. The highest BCUT2D eigenvalue weighted by atomic mass is 16.1. The van der Waals surface area contributed by atoms with Crippen molar-refractivity contribution < 1.29 is 4.79 Å². The highest BCUT2D eigenvalue weighted by molar-refractivity contribution is 5.99. The summed E-state index contributed by atoms with van der Waals surface area (Å²) < 4.78 is 0. The summed E-state index contributed by atoms with van der Waals surface area (Å²) in [7, 11) is 0. The predicted octanol–water partition coefficient (Wildman–Crippen LogP) is 3.85. The molecule has 0 fully saturated rings. The Kier molecular flexibility index (Phi) is 4.82. The number of carbonyl (C=O) groups is 1. The molecule has 1 rings (SSSR count). The standard InChI is InChI=1S/C14H18O/c1-3-8-14(15)13(4-2)11-12-9-6-5-7-10-12/h5-7,9-11H,3-4,8H2,1-2H3/b13-11-. The highest BCUT2D eigenvalue weighted by Gasteiger charge is 2.05. The molecule has 0 unspecified atom stereocenters. The lowest BCUT2D eigenvalue weighted by Crippen LogP contribution is -2.00. The fraction of sp³-hybridized carbons (Fsp3) is 0.357. The number of hydrogen-bond donors (Lipinski definition) is 0. The fourth-order valence-corrected chi connectivity index (χ4v) is 1.52. The van der Waals surface area contributed by atoms with Crippen molar-refractivity contribution in [2.24, 2.45) is 0 Å². The average Bonchev–Trinajstić information content (AvgIpc) is 2.27. The molecule has 0 atom stereocenters. The predicted molar refractivity (Wildman–Crippen MR) is 64.6 cm³/mol. The first kappa shape index (κ1) is 11.7. The van der Waals surface area contributed by atoms with Gasteiger partial charge in [0.05, 0.1) is 0 Å². The molecule has 0 aliphatic carbocycles. The van der Waals surface area contributed by atoms with Gasteiger partial charge in [0.15, 0.2) is 5.78 Å². The van der Waals surface area contributed by atoms with Crippen LogP contribution in [0.25, 0.3) is 6.08 Å². The van der Waals surface area contributed by atoms with Crippen molar-refractivity contribution >= 4 is 11.9 Å². The van der Waals surface area contributed by atoms with Crippen LogP contribution in [0.2, 0.25) is 0 Å². The normalized spacial score (nSPS) is 11.5. The van der Waals surface area contributed by atoms with Crippen LogP contribution < -0.4 is 0 Å². The topological polar surface area (TPSA) is 17.1 Å². The van der Waals surface area contributed by atoms with E-state index in [4.69, 9.17) is 0 Å². The molecule has 0 saturated heterocycles. The van der Waals surface area contributed by atoms with Gasteiger partial charge < -0.3 is 0 Å². The molecular weight excluding hydrogens is 184 g/mol. The molecule has 0 aromatic heterocycles. The summed E-state index contributed by atoms with van der Waals surface area (Å²) >= 11 is 0. The van der Waals surface area contributed by atoms with E-state index in [-0.39, 0.29) is 5.78 Å². The minimum Gasteiger partial charge on any atom is -0.295 e. The fourth-order valence-electron chi connectivity index (χ4n) is 1.52. The van der Waals surface area contributed by atoms with Crippen molar-refractivity contribution in [3.63, 3.8) is 0 Å². The molecule has 80 valence electrons. The van der Waals surface area contributed by atoms with Gasteiger partial charge in [0.1, 0.15) is 0 Å². The van der Waals surface area contributed by atoms with Gasteiger partial charge in [-0.2, -0.15) is 0 Å². The molecule has 1 aromatic rings. The second kappa shape index (κ2) is 6.18. The number of hydrogen-bond acceptors (Lipinski definition) is 1. The van der Waals surface area contributed by atoms with E-state index in [1.54, 1.807) is 0 Å². The van der Waals surface area contributed by atoms with E-state index >= 15 is 0 Å². The summed E-state index contributed by atoms with van der Waals surface area (Å²) in [6, 6.07) is 10.0. The molecule has 0 spiro atoms. The summed E-state index contributed by atoms with van der Waals surface area (Å²) in [5.74, 6) is 0.281. The molecule has 0 aliphatic heterocycles. The number of rotatable bonds is 5. The Balaban J connectivity index is 2.83. The van der Waals surface area contributed by atoms with Gasteiger partial charge in [-0.1, -0.05) is 44.2 Å². The molecule has 0 N–H and O–H groups in total. The van der Waals surface area contributed by atoms with Crippen molar-refractivity contribution in [2.75, 3.05) is 0 Å². The first-order chi connectivity index (χ1) is 7.27. The zero-order chi connectivity index (χ0) is 11.1. The van der Waals surface area contributed by atoms with E-state index in [1.807, 2.05) is 50.3 Å². The Morgan fingerprint density at radius 1 is 1.20 bits per heavy atom. The van der Waals surface area contributed by atoms with Crippen molar-refractivity contribution in [3.05, 3.63) is 41.5 Å². The summed E-state index contributed by atoms with van der Waals surface area (Å²) in [5.41, 5.74) is 2.04. The van der Waals surface area contributed by atoms with Crippen LogP contribution in [-0.4, -0.2) is 5.78 Å². The molecule has 15 heavy (non-hydrogen) atoms. The Bertz CT molecular complexity index is 336. The first-order valence-electron chi connectivity index (χ1n) is 5.56. The van der Waals surface area contributed by atoms with Crippen LogP contribution in [-0.2, 0) is 4.79 Å². The summed E-state index contributed by atoms with van der Waals surface area (Å²) in [4.78, 5) is 11.7. The van der Waals surface area contributed by atoms with Gasteiger partial charge in [-0.3, -0.25) is 4.79 Å². The number of allylic oxidation sites excluding steroid dienone is 1. The van der Waals surface area contributed by atoms with Crippen molar-refractivity contribution in [3.8, 4) is 0 Å². The summed E-state index contributed by atoms with van der Waals surface area (Å²) in [5, 5.41) is 0. The van der Waals surface area contributed by atoms with Crippen LogP contribution in [0.3, 0.4) is 0 Å². The van der Waals surface area contributed by atoms with E-state index in [1.165, 1.54) is 0 Å². The molecular formula is C14H18O. The molecule has 1 aromatic carbocycles. The third-order valence-electron chi connectivity index (χ3n) is 2.36. The third-order valence-corrected chi connectivity index (χ3v) is 2.36. The molecule has 0 aliphatic rings. The Morgan fingerprint density at radius 2 is 1.87 bits per heavy atom. The van der Waals surface area contributed by atoms with E-state index in [9.17, 15) is 4.79 Å². The maximum atomic E-state index is 11.7. The van der Waals surface area contributed by atoms with Crippen LogP contribution in [0.15, 0.2) is 35.9 Å². The van der Waals surface area contributed by atoms with Gasteiger partial charge in [-0.05, 0) is 30.1 Å². The average molecular weight is 202 g/mol. The number of benzene rings is 1. The van der Waals surface area contributed by atoms with Crippen LogP contribution in [0.1, 0.15) is 38.7 Å². The van der Waals surface area contributed by atoms with Crippen LogP contribution in [0.5, 0.6) is 0 Å². The lowest BCUT2D eigenvalue weighted by molar-refractivity contribution is -0.115. The second-order valence-electron chi connectivity index (χ2n) is 3.61. The van der Waals surface area contributed by atoms with Crippen molar-refractivity contribution in [1.29, 1.82) is 0 Å². The van der Waals surface area contributed by atoms with Crippen LogP contribution in [0, 0.1) is 0 Å². The molecule has 0 amide bonds. The number of ketones is 1. The minimum absolute atomic E-state index is 0.281. The van der Waals surface area contributed by atoms with E-state index in [2.05, 4.69) is 0 Å². The minimum atomic E-state index is 0.281.